The van der Waals surface area contributed by atoms with Gasteiger partial charge in [-0.2, -0.15) is 4.80 Å². The molecule has 0 unspecified atom stereocenters. The summed E-state index contributed by atoms with van der Waals surface area (Å²) < 4.78 is 0. The Labute approximate surface area is 109 Å². The van der Waals surface area contributed by atoms with Gasteiger partial charge in [-0.25, -0.2) is 0 Å². The fourth-order valence-electron chi connectivity index (χ4n) is 1.91. The van der Waals surface area contributed by atoms with E-state index in [-0.39, 0.29) is 5.56 Å². The first-order valence-corrected chi connectivity index (χ1v) is 5.79. The fraction of sp³-hybridized carbons (Fsp3) is 0.0714. The summed E-state index contributed by atoms with van der Waals surface area (Å²) in [6.45, 7) is 1.99. The van der Waals surface area contributed by atoms with Crippen molar-refractivity contribution in [3.05, 3.63) is 53.6 Å². The zero-order valence-corrected chi connectivity index (χ0v) is 10.2. The number of aromatic nitrogens is 3. The Morgan fingerprint density at radius 1 is 1.11 bits per heavy atom. The summed E-state index contributed by atoms with van der Waals surface area (Å²) in [6, 6.07) is 12.3. The minimum absolute atomic E-state index is 0.101. The van der Waals surface area contributed by atoms with E-state index >= 15 is 0 Å². The van der Waals surface area contributed by atoms with Gasteiger partial charge in [-0.05, 0) is 42.3 Å². The van der Waals surface area contributed by atoms with Crippen LogP contribution in [0.5, 0.6) is 0 Å². The van der Waals surface area contributed by atoms with E-state index in [4.69, 9.17) is 0 Å². The minimum Gasteiger partial charge on any atom is -0.545 e. The van der Waals surface area contributed by atoms with Gasteiger partial charge in [0.1, 0.15) is 11.0 Å². The van der Waals surface area contributed by atoms with Crippen molar-refractivity contribution in [2.75, 3.05) is 0 Å². The van der Waals surface area contributed by atoms with Crippen molar-refractivity contribution in [3.8, 4) is 5.69 Å². The number of carboxylic acid groups (broad SMARTS) is 1. The van der Waals surface area contributed by atoms with E-state index in [1.54, 1.807) is 6.07 Å². The number of fused-ring (bicyclic) bond motifs is 1. The maximum atomic E-state index is 10.8. The van der Waals surface area contributed by atoms with Crippen molar-refractivity contribution >= 4 is 17.0 Å². The first kappa shape index (κ1) is 11.4. The molecule has 3 aromatic rings. The monoisotopic (exact) mass is 252 g/mol. The van der Waals surface area contributed by atoms with Gasteiger partial charge in [0.25, 0.3) is 0 Å². The maximum absolute atomic E-state index is 10.8. The standard InChI is InChI=1S/C14H11N3O2/c1-9-3-2-4-11(7-9)17-15-12-6-5-10(14(18)19)8-13(12)16-17/h2-8H,1H3,(H,18,19)/p-1. The Balaban J connectivity index is 2.14. The number of aromatic carboxylic acids is 1. The Morgan fingerprint density at radius 2 is 1.89 bits per heavy atom. The number of nitrogens with zero attached hydrogens (tertiary/aromatic N) is 3. The summed E-state index contributed by atoms with van der Waals surface area (Å²) in [5.41, 5.74) is 3.22. The van der Waals surface area contributed by atoms with Gasteiger partial charge in [-0.3, -0.25) is 0 Å². The van der Waals surface area contributed by atoms with Crippen molar-refractivity contribution in [1.29, 1.82) is 0 Å². The molecule has 0 spiro atoms. The molecule has 3 rings (SSSR count). The van der Waals surface area contributed by atoms with E-state index in [0.717, 1.165) is 11.3 Å². The molecule has 0 atom stereocenters. The highest BCUT2D eigenvalue weighted by Gasteiger charge is 2.06. The van der Waals surface area contributed by atoms with Crippen molar-refractivity contribution in [1.82, 2.24) is 15.0 Å². The van der Waals surface area contributed by atoms with Gasteiger partial charge in [-0.15, -0.1) is 10.2 Å². The summed E-state index contributed by atoms with van der Waals surface area (Å²) in [4.78, 5) is 12.3. The molecule has 0 aliphatic carbocycles. The fourth-order valence-corrected chi connectivity index (χ4v) is 1.91. The number of rotatable bonds is 2. The van der Waals surface area contributed by atoms with Crippen molar-refractivity contribution < 1.29 is 9.90 Å². The van der Waals surface area contributed by atoms with Crippen LogP contribution in [0.15, 0.2) is 42.5 Å². The second kappa shape index (κ2) is 4.20. The van der Waals surface area contributed by atoms with Crippen LogP contribution in [-0.4, -0.2) is 21.0 Å². The highest BCUT2D eigenvalue weighted by Crippen LogP contribution is 2.14. The molecule has 1 aromatic heterocycles. The molecule has 2 aromatic carbocycles. The molecule has 19 heavy (non-hydrogen) atoms. The van der Waals surface area contributed by atoms with Crippen LogP contribution in [0.1, 0.15) is 15.9 Å². The predicted octanol–water partition coefficient (Wildman–Crippen LogP) is 1.09. The lowest BCUT2D eigenvalue weighted by Crippen LogP contribution is -2.21. The van der Waals surface area contributed by atoms with Gasteiger partial charge in [0.05, 0.1) is 11.7 Å². The summed E-state index contributed by atoms with van der Waals surface area (Å²) >= 11 is 0. The smallest absolute Gasteiger partial charge is 0.114 e. The summed E-state index contributed by atoms with van der Waals surface area (Å²) in [7, 11) is 0. The van der Waals surface area contributed by atoms with Crippen molar-refractivity contribution in [2.45, 2.75) is 6.92 Å². The minimum atomic E-state index is -1.22. The van der Waals surface area contributed by atoms with Gasteiger partial charge in [-0.1, -0.05) is 18.2 Å². The molecular formula is C14H10N3O2-. The van der Waals surface area contributed by atoms with Crippen molar-refractivity contribution in [2.24, 2.45) is 0 Å². The van der Waals surface area contributed by atoms with E-state index in [1.807, 2.05) is 31.2 Å². The molecule has 0 aliphatic heterocycles. The predicted molar refractivity (Wildman–Crippen MR) is 67.9 cm³/mol. The molecule has 5 nitrogen and oxygen atoms in total. The van der Waals surface area contributed by atoms with Crippen LogP contribution in [-0.2, 0) is 0 Å². The van der Waals surface area contributed by atoms with E-state index in [1.165, 1.54) is 16.9 Å². The summed E-state index contributed by atoms with van der Waals surface area (Å²) in [5, 5.41) is 19.4. The first-order chi connectivity index (χ1) is 9.13. The highest BCUT2D eigenvalue weighted by atomic mass is 16.4. The largest absolute Gasteiger partial charge is 0.545 e. The van der Waals surface area contributed by atoms with Crippen LogP contribution in [0.3, 0.4) is 0 Å². The van der Waals surface area contributed by atoms with Gasteiger partial charge in [0, 0.05) is 0 Å². The Bertz CT molecular complexity index is 777. The highest BCUT2D eigenvalue weighted by molar-refractivity contribution is 5.90. The molecule has 0 aliphatic rings. The van der Waals surface area contributed by atoms with Gasteiger partial charge < -0.3 is 9.90 Å². The number of hydrogen-bond acceptors (Lipinski definition) is 4. The Kier molecular flexibility index (Phi) is 2.52. The van der Waals surface area contributed by atoms with Crippen LogP contribution in [0.25, 0.3) is 16.7 Å². The lowest BCUT2D eigenvalue weighted by Gasteiger charge is -1.99. The van der Waals surface area contributed by atoms with Gasteiger partial charge in [0.15, 0.2) is 0 Å². The third kappa shape index (κ3) is 2.06. The number of aryl methyl sites for hydroxylation is 1. The zero-order chi connectivity index (χ0) is 13.4. The lowest BCUT2D eigenvalue weighted by molar-refractivity contribution is -0.255. The first-order valence-electron chi connectivity index (χ1n) is 5.79. The third-order valence-electron chi connectivity index (χ3n) is 2.85. The van der Waals surface area contributed by atoms with E-state index in [9.17, 15) is 9.90 Å². The lowest BCUT2D eigenvalue weighted by atomic mass is 10.2. The van der Waals surface area contributed by atoms with Crippen LogP contribution < -0.4 is 5.11 Å². The average Bonchev–Trinajstić information content (AvgIpc) is 2.81. The quantitative estimate of drug-likeness (QED) is 0.684. The zero-order valence-electron chi connectivity index (χ0n) is 10.2. The summed E-state index contributed by atoms with van der Waals surface area (Å²) in [6.07, 6.45) is 0. The molecule has 0 saturated heterocycles. The number of carboxylic acids is 1. The molecule has 0 N–H and O–H groups in total. The third-order valence-corrected chi connectivity index (χ3v) is 2.85. The molecule has 0 saturated carbocycles. The van der Waals surface area contributed by atoms with E-state index < -0.39 is 5.97 Å². The van der Waals surface area contributed by atoms with Crippen molar-refractivity contribution in [3.63, 3.8) is 0 Å². The molecule has 0 radical (unpaired) electrons. The van der Waals surface area contributed by atoms with E-state index in [2.05, 4.69) is 10.2 Å². The molecule has 0 bridgehead atoms. The van der Waals surface area contributed by atoms with Gasteiger partial charge >= 0.3 is 0 Å². The maximum Gasteiger partial charge on any atom is 0.114 e. The van der Waals surface area contributed by atoms with Crippen LogP contribution in [0, 0.1) is 6.92 Å². The second-order valence-corrected chi connectivity index (χ2v) is 4.32. The van der Waals surface area contributed by atoms with E-state index in [0.29, 0.717) is 11.0 Å². The molecule has 5 heteroatoms. The Morgan fingerprint density at radius 3 is 2.63 bits per heavy atom. The average molecular weight is 252 g/mol. The van der Waals surface area contributed by atoms with Crippen LogP contribution in [0.4, 0.5) is 0 Å². The Hall–Kier alpha value is -2.69. The summed E-state index contributed by atoms with van der Waals surface area (Å²) in [5.74, 6) is -1.22. The molecule has 1 heterocycles. The topological polar surface area (TPSA) is 70.8 Å². The molecule has 94 valence electrons. The number of carbonyl (C=O) groups is 1. The van der Waals surface area contributed by atoms with Crippen LogP contribution >= 0.6 is 0 Å². The van der Waals surface area contributed by atoms with Gasteiger partial charge in [0.2, 0.25) is 0 Å². The van der Waals surface area contributed by atoms with Crippen LogP contribution in [0.2, 0.25) is 0 Å². The number of hydrogen-bond donors (Lipinski definition) is 0. The molecule has 0 fully saturated rings. The molecular weight excluding hydrogens is 242 g/mol. The SMILES string of the molecule is Cc1cccc(-n2nc3ccc(C(=O)[O-])cc3n2)c1. The second-order valence-electron chi connectivity index (χ2n) is 4.32. The normalized spacial score (nSPS) is 10.8. The number of benzene rings is 2. The number of carbonyl (C=O) groups excluding carboxylic acids is 1. The molecule has 0 amide bonds.